The molecule has 26 heavy (non-hydrogen) atoms. The van der Waals surface area contributed by atoms with Crippen LogP contribution in [0.5, 0.6) is 5.75 Å². The molecule has 0 saturated heterocycles. The third kappa shape index (κ3) is 5.34. The molecule has 136 valence electrons. The number of hydrogen-bond donors (Lipinski definition) is 2. The number of rotatable bonds is 7. The van der Waals surface area contributed by atoms with Crippen LogP contribution in [0.15, 0.2) is 48.5 Å². The molecule has 0 aromatic heterocycles. The lowest BCUT2D eigenvalue weighted by Crippen LogP contribution is -2.32. The van der Waals surface area contributed by atoms with Crippen LogP contribution >= 0.6 is 0 Å². The second-order valence-corrected chi connectivity index (χ2v) is 5.26. The van der Waals surface area contributed by atoms with Gasteiger partial charge in [0, 0.05) is 11.3 Å². The number of carbonyl (C=O) groups is 3. The maximum absolute atomic E-state index is 12.0. The molecule has 0 atom stereocenters. The maximum Gasteiger partial charge on any atom is 0.337 e. The standard InChI is InChI=1S/C19H20N2O5/c1-3-26-16-10-6-13(7-11-16)18(23)20-12-17(22)21-15-8-4-14(5-9-15)19(24)25-2/h4-11H,3,12H2,1-2H3,(H,20,23)(H,21,22). The van der Waals surface area contributed by atoms with Gasteiger partial charge >= 0.3 is 5.97 Å². The van der Waals surface area contributed by atoms with Crippen LogP contribution in [0.1, 0.15) is 27.6 Å². The number of amides is 2. The van der Waals surface area contributed by atoms with Crippen LogP contribution in [-0.2, 0) is 9.53 Å². The van der Waals surface area contributed by atoms with Crippen LogP contribution in [0, 0.1) is 0 Å². The molecule has 2 aromatic rings. The van der Waals surface area contributed by atoms with Gasteiger partial charge in [-0.25, -0.2) is 4.79 Å². The Morgan fingerprint density at radius 2 is 1.54 bits per heavy atom. The summed E-state index contributed by atoms with van der Waals surface area (Å²) in [5.74, 6) is -0.512. The van der Waals surface area contributed by atoms with Gasteiger partial charge in [0.25, 0.3) is 5.91 Å². The number of anilines is 1. The first-order valence-electron chi connectivity index (χ1n) is 8.02. The Balaban J connectivity index is 1.84. The Hall–Kier alpha value is -3.35. The average molecular weight is 356 g/mol. The predicted octanol–water partition coefficient (Wildman–Crippen LogP) is 2.24. The minimum absolute atomic E-state index is 0.176. The minimum atomic E-state index is -0.453. The van der Waals surface area contributed by atoms with Gasteiger partial charge in [-0.15, -0.1) is 0 Å². The van der Waals surface area contributed by atoms with Gasteiger partial charge in [0.05, 0.1) is 25.8 Å². The zero-order valence-corrected chi connectivity index (χ0v) is 14.6. The normalized spacial score (nSPS) is 9.92. The predicted molar refractivity (Wildman–Crippen MR) is 96.4 cm³/mol. The monoisotopic (exact) mass is 356 g/mol. The smallest absolute Gasteiger partial charge is 0.337 e. The van der Waals surface area contributed by atoms with Crippen molar-refractivity contribution in [1.29, 1.82) is 0 Å². The van der Waals surface area contributed by atoms with Crippen molar-refractivity contribution in [2.75, 3.05) is 25.6 Å². The molecule has 2 amide bonds. The van der Waals surface area contributed by atoms with E-state index < -0.39 is 5.97 Å². The Morgan fingerprint density at radius 1 is 0.923 bits per heavy atom. The highest BCUT2D eigenvalue weighted by Crippen LogP contribution is 2.12. The fourth-order valence-corrected chi connectivity index (χ4v) is 2.14. The van der Waals surface area contributed by atoms with Gasteiger partial charge < -0.3 is 20.1 Å². The molecule has 0 aliphatic heterocycles. The van der Waals surface area contributed by atoms with E-state index in [1.54, 1.807) is 48.5 Å². The van der Waals surface area contributed by atoms with Crippen molar-refractivity contribution >= 4 is 23.5 Å². The zero-order chi connectivity index (χ0) is 18.9. The van der Waals surface area contributed by atoms with Crippen molar-refractivity contribution in [1.82, 2.24) is 5.32 Å². The van der Waals surface area contributed by atoms with Crippen LogP contribution in [0.3, 0.4) is 0 Å². The van der Waals surface area contributed by atoms with Crippen molar-refractivity contribution in [3.05, 3.63) is 59.7 Å². The van der Waals surface area contributed by atoms with Crippen LogP contribution < -0.4 is 15.4 Å². The number of benzene rings is 2. The highest BCUT2D eigenvalue weighted by Gasteiger charge is 2.09. The van der Waals surface area contributed by atoms with E-state index in [0.29, 0.717) is 29.2 Å². The Bertz CT molecular complexity index is 770. The summed E-state index contributed by atoms with van der Waals surface area (Å²) in [5, 5.41) is 5.18. The summed E-state index contributed by atoms with van der Waals surface area (Å²) in [6, 6.07) is 12.9. The zero-order valence-electron chi connectivity index (χ0n) is 14.6. The Labute approximate surface area is 151 Å². The number of esters is 1. The molecule has 0 unspecified atom stereocenters. The topological polar surface area (TPSA) is 93.7 Å². The van der Waals surface area contributed by atoms with Crippen molar-refractivity contribution in [2.45, 2.75) is 6.92 Å². The first-order valence-corrected chi connectivity index (χ1v) is 8.02. The van der Waals surface area contributed by atoms with Crippen molar-refractivity contribution in [3.63, 3.8) is 0 Å². The highest BCUT2D eigenvalue weighted by atomic mass is 16.5. The summed E-state index contributed by atoms with van der Waals surface area (Å²) in [5.41, 5.74) is 1.33. The fourth-order valence-electron chi connectivity index (χ4n) is 2.14. The third-order valence-corrected chi connectivity index (χ3v) is 3.43. The van der Waals surface area contributed by atoms with E-state index in [9.17, 15) is 14.4 Å². The van der Waals surface area contributed by atoms with Crippen molar-refractivity contribution in [2.24, 2.45) is 0 Å². The lowest BCUT2D eigenvalue weighted by molar-refractivity contribution is -0.115. The van der Waals surface area contributed by atoms with Crippen LogP contribution in [0.2, 0.25) is 0 Å². The summed E-state index contributed by atoms with van der Waals surface area (Å²) in [4.78, 5) is 35.3. The van der Waals surface area contributed by atoms with Gasteiger partial charge in [-0.1, -0.05) is 0 Å². The van der Waals surface area contributed by atoms with E-state index in [4.69, 9.17) is 4.74 Å². The molecule has 0 spiro atoms. The quantitative estimate of drug-likeness (QED) is 0.742. The summed E-state index contributed by atoms with van der Waals surface area (Å²) in [6.07, 6.45) is 0. The van der Waals surface area contributed by atoms with Crippen molar-refractivity contribution < 1.29 is 23.9 Å². The molecule has 0 radical (unpaired) electrons. The molecule has 7 nitrogen and oxygen atoms in total. The van der Waals surface area contributed by atoms with Gasteiger partial charge in [-0.3, -0.25) is 9.59 Å². The number of carbonyl (C=O) groups excluding carboxylic acids is 3. The van der Waals surface area contributed by atoms with Gasteiger partial charge in [-0.05, 0) is 55.5 Å². The number of hydrogen-bond acceptors (Lipinski definition) is 5. The minimum Gasteiger partial charge on any atom is -0.494 e. The van der Waals surface area contributed by atoms with Crippen LogP contribution in [0.25, 0.3) is 0 Å². The fraction of sp³-hybridized carbons (Fsp3) is 0.211. The third-order valence-electron chi connectivity index (χ3n) is 3.43. The Morgan fingerprint density at radius 3 is 2.12 bits per heavy atom. The molecule has 0 heterocycles. The molecule has 7 heteroatoms. The van der Waals surface area contributed by atoms with Crippen LogP contribution in [-0.4, -0.2) is 38.0 Å². The van der Waals surface area contributed by atoms with Crippen LogP contribution in [0.4, 0.5) is 5.69 Å². The summed E-state index contributed by atoms with van der Waals surface area (Å²) < 4.78 is 9.91. The SMILES string of the molecule is CCOc1ccc(C(=O)NCC(=O)Nc2ccc(C(=O)OC)cc2)cc1. The van der Waals surface area contributed by atoms with Gasteiger partial charge in [0.1, 0.15) is 5.75 Å². The number of methoxy groups -OCH3 is 1. The molecule has 0 bridgehead atoms. The lowest BCUT2D eigenvalue weighted by atomic mass is 10.2. The van der Waals surface area contributed by atoms with Gasteiger partial charge in [-0.2, -0.15) is 0 Å². The van der Waals surface area contributed by atoms with E-state index in [0.717, 1.165) is 0 Å². The van der Waals surface area contributed by atoms with Crippen molar-refractivity contribution in [3.8, 4) is 5.75 Å². The summed E-state index contributed by atoms with van der Waals surface area (Å²) in [6.45, 7) is 2.25. The number of nitrogens with one attached hydrogen (secondary N) is 2. The van der Waals surface area contributed by atoms with E-state index in [2.05, 4.69) is 15.4 Å². The molecule has 0 saturated carbocycles. The molecule has 0 aliphatic carbocycles. The molecule has 2 aromatic carbocycles. The van der Waals surface area contributed by atoms with E-state index in [1.807, 2.05) is 6.92 Å². The molecule has 0 aliphatic rings. The molecule has 2 rings (SSSR count). The largest absolute Gasteiger partial charge is 0.494 e. The molecule has 0 fully saturated rings. The molecular formula is C19H20N2O5. The lowest BCUT2D eigenvalue weighted by Gasteiger charge is -2.08. The Kier molecular flexibility index (Phi) is 6.73. The maximum atomic E-state index is 12.0. The summed E-state index contributed by atoms with van der Waals surface area (Å²) >= 11 is 0. The van der Waals surface area contributed by atoms with E-state index >= 15 is 0 Å². The first kappa shape index (κ1) is 19.0. The summed E-state index contributed by atoms with van der Waals surface area (Å²) in [7, 11) is 1.30. The second kappa shape index (κ2) is 9.22. The first-order chi connectivity index (χ1) is 12.5. The van der Waals surface area contributed by atoms with E-state index in [-0.39, 0.29) is 18.4 Å². The second-order valence-electron chi connectivity index (χ2n) is 5.26. The van der Waals surface area contributed by atoms with Gasteiger partial charge in [0.2, 0.25) is 5.91 Å². The highest BCUT2D eigenvalue weighted by molar-refractivity contribution is 5.99. The molecule has 2 N–H and O–H groups in total. The van der Waals surface area contributed by atoms with Gasteiger partial charge in [0.15, 0.2) is 0 Å². The van der Waals surface area contributed by atoms with E-state index in [1.165, 1.54) is 7.11 Å². The molecular weight excluding hydrogens is 336 g/mol. The number of ether oxygens (including phenoxy) is 2. The average Bonchev–Trinajstić information content (AvgIpc) is 2.67.